The summed E-state index contributed by atoms with van der Waals surface area (Å²) in [7, 11) is 0. The molecule has 2 nitrogen and oxygen atoms in total. The number of benzene rings is 1. The smallest absolute Gasteiger partial charge is 0.250 e. The Bertz CT molecular complexity index is 382. The lowest BCUT2D eigenvalue weighted by molar-refractivity contribution is -0.0564. The summed E-state index contributed by atoms with van der Waals surface area (Å²) in [5.41, 5.74) is 1.28. The van der Waals surface area contributed by atoms with E-state index in [-0.39, 0.29) is 12.8 Å². The number of aryl methyl sites for hydroxylation is 1. The first-order valence-electron chi connectivity index (χ1n) is 6.91. The Morgan fingerprint density at radius 1 is 1.16 bits per heavy atom. The van der Waals surface area contributed by atoms with Gasteiger partial charge in [-0.3, -0.25) is 4.90 Å². The van der Waals surface area contributed by atoms with Crippen molar-refractivity contribution in [1.82, 2.24) is 4.90 Å². The highest BCUT2D eigenvalue weighted by Crippen LogP contribution is 2.27. The number of nitrogens with zero attached hydrogens (tertiary/aromatic N) is 1. The van der Waals surface area contributed by atoms with E-state index in [2.05, 4.69) is 19.1 Å². The Balaban J connectivity index is 1.69. The first-order valence-corrected chi connectivity index (χ1v) is 6.91. The summed E-state index contributed by atoms with van der Waals surface area (Å²) in [5.74, 6) is -1.62. The molecule has 1 aromatic rings. The highest BCUT2D eigenvalue weighted by atomic mass is 19.3. The molecule has 1 aromatic carbocycles. The van der Waals surface area contributed by atoms with Crippen LogP contribution in [0.25, 0.3) is 0 Å². The van der Waals surface area contributed by atoms with Crippen molar-refractivity contribution in [3.63, 3.8) is 0 Å². The second kappa shape index (κ2) is 6.33. The third kappa shape index (κ3) is 4.46. The van der Waals surface area contributed by atoms with Crippen molar-refractivity contribution >= 4 is 0 Å². The zero-order valence-electron chi connectivity index (χ0n) is 11.4. The summed E-state index contributed by atoms with van der Waals surface area (Å²) in [5, 5.41) is 0. The fourth-order valence-corrected chi connectivity index (χ4v) is 2.22. The average molecular weight is 269 g/mol. The van der Waals surface area contributed by atoms with Gasteiger partial charge in [-0.15, -0.1) is 0 Å². The molecular formula is C15H21F2NO. The van der Waals surface area contributed by atoms with E-state index in [1.807, 2.05) is 17.0 Å². The van der Waals surface area contributed by atoms with Gasteiger partial charge in [0.05, 0.1) is 0 Å². The molecule has 1 fully saturated rings. The van der Waals surface area contributed by atoms with Crippen molar-refractivity contribution in [2.75, 3.05) is 26.2 Å². The van der Waals surface area contributed by atoms with E-state index in [0.29, 0.717) is 26.2 Å². The van der Waals surface area contributed by atoms with Gasteiger partial charge in [-0.25, -0.2) is 8.78 Å². The molecule has 1 aliphatic heterocycles. The van der Waals surface area contributed by atoms with Gasteiger partial charge in [0.2, 0.25) is 0 Å². The molecule has 0 radical (unpaired) electrons. The molecule has 0 unspecified atom stereocenters. The molecule has 0 atom stereocenters. The van der Waals surface area contributed by atoms with Gasteiger partial charge in [-0.1, -0.05) is 19.1 Å². The van der Waals surface area contributed by atoms with Gasteiger partial charge < -0.3 is 4.74 Å². The van der Waals surface area contributed by atoms with Crippen LogP contribution in [0.1, 0.15) is 25.3 Å². The largest absolute Gasteiger partial charge is 0.492 e. The van der Waals surface area contributed by atoms with E-state index < -0.39 is 5.92 Å². The van der Waals surface area contributed by atoms with Crippen molar-refractivity contribution in [1.29, 1.82) is 0 Å². The Hall–Kier alpha value is -1.16. The van der Waals surface area contributed by atoms with E-state index in [4.69, 9.17) is 4.74 Å². The third-order valence-electron chi connectivity index (χ3n) is 3.60. The minimum atomic E-state index is -2.46. The molecule has 106 valence electrons. The lowest BCUT2D eigenvalue weighted by Gasteiger charge is -2.31. The van der Waals surface area contributed by atoms with Crippen LogP contribution in [0.5, 0.6) is 5.75 Å². The number of alkyl halides is 2. The summed E-state index contributed by atoms with van der Waals surface area (Å²) in [6.45, 7) is 4.31. The van der Waals surface area contributed by atoms with E-state index >= 15 is 0 Å². The highest BCUT2D eigenvalue weighted by molar-refractivity contribution is 5.27. The quantitative estimate of drug-likeness (QED) is 0.812. The lowest BCUT2D eigenvalue weighted by atomic mass is 10.1. The average Bonchev–Trinajstić information content (AvgIpc) is 2.41. The van der Waals surface area contributed by atoms with Crippen LogP contribution >= 0.6 is 0 Å². The van der Waals surface area contributed by atoms with Gasteiger partial charge in [0.1, 0.15) is 12.4 Å². The molecular weight excluding hydrogens is 248 g/mol. The van der Waals surface area contributed by atoms with Gasteiger partial charge in [-0.05, 0) is 24.1 Å². The first kappa shape index (κ1) is 14.3. The molecule has 1 aliphatic rings. The first-order chi connectivity index (χ1) is 9.09. The maximum atomic E-state index is 13.0. The maximum Gasteiger partial charge on any atom is 0.250 e. The third-order valence-corrected chi connectivity index (χ3v) is 3.60. The Morgan fingerprint density at radius 3 is 2.37 bits per heavy atom. The normalized spacial score (nSPS) is 19.3. The molecule has 4 heteroatoms. The zero-order chi connectivity index (χ0) is 13.7. The van der Waals surface area contributed by atoms with Crippen LogP contribution in [0.15, 0.2) is 24.3 Å². The highest BCUT2D eigenvalue weighted by Gasteiger charge is 2.33. The predicted octanol–water partition coefficient (Wildman–Crippen LogP) is 3.36. The van der Waals surface area contributed by atoms with Crippen molar-refractivity contribution in [2.45, 2.75) is 32.1 Å². The molecule has 0 aromatic heterocycles. The maximum absolute atomic E-state index is 13.0. The van der Waals surface area contributed by atoms with E-state index in [0.717, 1.165) is 12.2 Å². The number of ether oxygens (including phenoxy) is 1. The monoisotopic (exact) mass is 269 g/mol. The van der Waals surface area contributed by atoms with E-state index in [1.165, 1.54) is 5.56 Å². The van der Waals surface area contributed by atoms with Gasteiger partial charge in [0.15, 0.2) is 0 Å². The fourth-order valence-electron chi connectivity index (χ4n) is 2.22. The second-order valence-corrected chi connectivity index (χ2v) is 5.04. The molecule has 19 heavy (non-hydrogen) atoms. The fraction of sp³-hybridized carbons (Fsp3) is 0.600. The van der Waals surface area contributed by atoms with Crippen molar-refractivity contribution in [3.05, 3.63) is 29.8 Å². The van der Waals surface area contributed by atoms with Crippen LogP contribution in [0, 0.1) is 0 Å². The number of hydrogen-bond donors (Lipinski definition) is 0. The van der Waals surface area contributed by atoms with Crippen LogP contribution in [0.2, 0.25) is 0 Å². The van der Waals surface area contributed by atoms with Crippen LogP contribution < -0.4 is 4.74 Å². The standard InChI is InChI=1S/C15H21F2NO/c1-2-13-3-5-14(6-4-13)19-12-11-18-9-7-15(16,17)8-10-18/h3-6H,2,7-12H2,1H3. The molecule has 0 spiro atoms. The minimum absolute atomic E-state index is 0.0296. The molecule has 1 heterocycles. The van der Waals surface area contributed by atoms with Crippen LogP contribution in [0.3, 0.4) is 0 Å². The summed E-state index contributed by atoms with van der Waals surface area (Å²) in [6.07, 6.45) is 0.957. The Morgan fingerprint density at radius 2 is 1.79 bits per heavy atom. The van der Waals surface area contributed by atoms with Crippen LogP contribution in [0.4, 0.5) is 8.78 Å². The topological polar surface area (TPSA) is 12.5 Å². The second-order valence-electron chi connectivity index (χ2n) is 5.04. The molecule has 2 rings (SSSR count). The van der Waals surface area contributed by atoms with Crippen molar-refractivity contribution in [2.24, 2.45) is 0 Å². The number of piperidine rings is 1. The number of hydrogen-bond acceptors (Lipinski definition) is 2. The van der Waals surface area contributed by atoms with Gasteiger partial charge in [-0.2, -0.15) is 0 Å². The zero-order valence-corrected chi connectivity index (χ0v) is 11.4. The predicted molar refractivity (Wildman–Crippen MR) is 71.9 cm³/mol. The number of rotatable bonds is 5. The Labute approximate surface area is 113 Å². The minimum Gasteiger partial charge on any atom is -0.492 e. The van der Waals surface area contributed by atoms with Crippen molar-refractivity contribution < 1.29 is 13.5 Å². The van der Waals surface area contributed by atoms with E-state index in [9.17, 15) is 8.78 Å². The molecule has 0 aliphatic carbocycles. The summed E-state index contributed by atoms with van der Waals surface area (Å²) in [6, 6.07) is 8.03. The lowest BCUT2D eigenvalue weighted by Crippen LogP contribution is -2.41. The molecule has 0 amide bonds. The SMILES string of the molecule is CCc1ccc(OCCN2CCC(F)(F)CC2)cc1. The summed E-state index contributed by atoms with van der Waals surface area (Å²) >= 11 is 0. The van der Waals surface area contributed by atoms with Crippen LogP contribution in [-0.2, 0) is 6.42 Å². The van der Waals surface area contributed by atoms with Crippen molar-refractivity contribution in [3.8, 4) is 5.75 Å². The number of halogens is 2. The molecule has 1 saturated heterocycles. The Kier molecular flexibility index (Phi) is 4.75. The number of likely N-dealkylation sites (tertiary alicyclic amines) is 1. The summed E-state index contributed by atoms with van der Waals surface area (Å²) in [4.78, 5) is 2.04. The summed E-state index contributed by atoms with van der Waals surface area (Å²) < 4.78 is 31.6. The van der Waals surface area contributed by atoms with Gasteiger partial charge >= 0.3 is 0 Å². The molecule has 0 N–H and O–H groups in total. The molecule has 0 bridgehead atoms. The van der Waals surface area contributed by atoms with Crippen LogP contribution in [-0.4, -0.2) is 37.1 Å². The molecule has 0 saturated carbocycles. The van der Waals surface area contributed by atoms with Gasteiger partial charge in [0.25, 0.3) is 5.92 Å². The van der Waals surface area contributed by atoms with E-state index in [1.54, 1.807) is 0 Å². The van der Waals surface area contributed by atoms with Gasteiger partial charge in [0, 0.05) is 32.5 Å².